The number of hydrogen-bond donors (Lipinski definition) is 1. The fourth-order valence-corrected chi connectivity index (χ4v) is 1.48. The van der Waals surface area contributed by atoms with E-state index >= 15 is 0 Å². The number of esters is 3. The van der Waals surface area contributed by atoms with Crippen molar-refractivity contribution < 1.29 is 53.5 Å². The largest absolute Gasteiger partial charge is 0.550 e. The maximum absolute atomic E-state index is 11.5. The van der Waals surface area contributed by atoms with Gasteiger partial charge in [-0.25, -0.2) is 0 Å². The van der Waals surface area contributed by atoms with Crippen LogP contribution in [-0.2, 0) is 38.2 Å². The molecule has 0 saturated heterocycles. The summed E-state index contributed by atoms with van der Waals surface area (Å²) in [6, 6.07) is 0. The molecule has 0 rings (SSSR count). The first-order valence-corrected chi connectivity index (χ1v) is 6.56. The first kappa shape index (κ1) is 21.3. The van der Waals surface area contributed by atoms with Gasteiger partial charge in [-0.3, -0.25) is 14.4 Å². The summed E-state index contributed by atoms with van der Waals surface area (Å²) in [6.45, 7) is 1.11. The Kier molecular flexibility index (Phi) is 8.39. The number of rotatable bonds is 10. The SMILES string of the molecule is CC(=O)OCC(COC(=O)CC(O)(CC(=O)[O-])C(=O)[O-])OC(C)=O. The smallest absolute Gasteiger partial charge is 0.309 e. The molecule has 0 aromatic rings. The number of carbonyl (C=O) groups excluding carboxylic acids is 5. The first-order valence-electron chi connectivity index (χ1n) is 6.56. The zero-order valence-electron chi connectivity index (χ0n) is 12.9. The lowest BCUT2D eigenvalue weighted by atomic mass is 9.96. The second-order valence-corrected chi connectivity index (χ2v) is 4.76. The van der Waals surface area contributed by atoms with Crippen molar-refractivity contribution in [2.24, 2.45) is 0 Å². The molecule has 0 amide bonds. The fourth-order valence-electron chi connectivity index (χ4n) is 1.48. The van der Waals surface area contributed by atoms with Crippen molar-refractivity contribution in [2.45, 2.75) is 38.4 Å². The van der Waals surface area contributed by atoms with E-state index in [1.807, 2.05) is 0 Å². The predicted octanol–water partition coefficient (Wildman–Crippen LogP) is -3.96. The van der Waals surface area contributed by atoms with Gasteiger partial charge in [-0.2, -0.15) is 0 Å². The molecule has 0 spiro atoms. The third-order valence-corrected chi connectivity index (χ3v) is 2.49. The van der Waals surface area contributed by atoms with Gasteiger partial charge >= 0.3 is 17.9 Å². The summed E-state index contributed by atoms with van der Waals surface area (Å²) in [5.74, 6) is -6.85. The van der Waals surface area contributed by atoms with E-state index in [0.717, 1.165) is 13.8 Å². The van der Waals surface area contributed by atoms with Crippen LogP contribution in [0.4, 0.5) is 0 Å². The molecule has 0 fully saturated rings. The Morgan fingerprint density at radius 2 is 1.50 bits per heavy atom. The normalized spacial score (nSPS) is 14.0. The Hall–Kier alpha value is -2.69. The third kappa shape index (κ3) is 8.68. The Balaban J connectivity index is 4.69. The minimum atomic E-state index is -3.01. The molecule has 0 aliphatic carbocycles. The molecule has 11 nitrogen and oxygen atoms in total. The van der Waals surface area contributed by atoms with Crippen LogP contribution in [0, 0.1) is 0 Å². The van der Waals surface area contributed by atoms with Crippen molar-refractivity contribution >= 4 is 29.8 Å². The van der Waals surface area contributed by atoms with E-state index in [-0.39, 0.29) is 0 Å². The second-order valence-electron chi connectivity index (χ2n) is 4.76. The number of aliphatic hydroxyl groups is 1. The van der Waals surface area contributed by atoms with Crippen LogP contribution in [0.5, 0.6) is 0 Å². The molecule has 0 aromatic heterocycles. The summed E-state index contributed by atoms with van der Waals surface area (Å²) in [5.41, 5.74) is -3.01. The Labute approximate surface area is 136 Å². The molecular weight excluding hydrogens is 332 g/mol. The molecule has 0 aliphatic rings. The van der Waals surface area contributed by atoms with Crippen LogP contribution in [0.2, 0.25) is 0 Å². The van der Waals surface area contributed by atoms with Gasteiger partial charge in [0.1, 0.15) is 18.8 Å². The number of ether oxygens (including phenoxy) is 3. The summed E-state index contributed by atoms with van der Waals surface area (Å²) < 4.78 is 13.9. The van der Waals surface area contributed by atoms with Gasteiger partial charge in [0, 0.05) is 26.2 Å². The number of carboxylic acid groups (broad SMARTS) is 2. The molecule has 24 heavy (non-hydrogen) atoms. The molecule has 2 atom stereocenters. The van der Waals surface area contributed by atoms with Crippen LogP contribution in [-0.4, -0.2) is 59.9 Å². The highest BCUT2D eigenvalue weighted by Gasteiger charge is 2.33. The summed E-state index contributed by atoms with van der Waals surface area (Å²) in [5, 5.41) is 30.8. The zero-order chi connectivity index (χ0) is 18.9. The molecule has 1 N–H and O–H groups in total. The predicted molar refractivity (Wildman–Crippen MR) is 67.3 cm³/mol. The van der Waals surface area contributed by atoms with Crippen LogP contribution >= 0.6 is 0 Å². The van der Waals surface area contributed by atoms with Gasteiger partial charge < -0.3 is 39.1 Å². The molecule has 0 aromatic carbocycles. The molecule has 0 aliphatic heterocycles. The number of carboxylic acids is 2. The molecule has 0 bridgehead atoms. The number of carbonyl (C=O) groups is 5. The van der Waals surface area contributed by atoms with Crippen LogP contribution in [0.1, 0.15) is 26.7 Å². The van der Waals surface area contributed by atoms with E-state index in [4.69, 9.17) is 4.74 Å². The zero-order valence-corrected chi connectivity index (χ0v) is 12.9. The van der Waals surface area contributed by atoms with E-state index in [0.29, 0.717) is 0 Å². The van der Waals surface area contributed by atoms with Gasteiger partial charge in [0.05, 0.1) is 12.4 Å². The van der Waals surface area contributed by atoms with E-state index in [2.05, 4.69) is 9.47 Å². The minimum absolute atomic E-state index is 0.425. The van der Waals surface area contributed by atoms with Crippen LogP contribution in [0.3, 0.4) is 0 Å². The summed E-state index contributed by atoms with van der Waals surface area (Å²) in [6.07, 6.45) is -3.78. The van der Waals surface area contributed by atoms with Gasteiger partial charge in [0.25, 0.3) is 0 Å². The van der Waals surface area contributed by atoms with Gasteiger partial charge in [-0.15, -0.1) is 0 Å². The van der Waals surface area contributed by atoms with E-state index in [1.165, 1.54) is 0 Å². The van der Waals surface area contributed by atoms with E-state index in [1.54, 1.807) is 0 Å². The molecule has 11 heteroatoms. The third-order valence-electron chi connectivity index (χ3n) is 2.49. The maximum atomic E-state index is 11.5. The van der Waals surface area contributed by atoms with Gasteiger partial charge in [-0.1, -0.05) is 0 Å². The highest BCUT2D eigenvalue weighted by molar-refractivity contribution is 5.87. The second kappa shape index (κ2) is 9.45. The average molecular weight is 348 g/mol. The van der Waals surface area contributed by atoms with Crippen molar-refractivity contribution in [3.8, 4) is 0 Å². The quantitative estimate of drug-likeness (QED) is 0.300. The van der Waals surface area contributed by atoms with Crippen LogP contribution in [0.15, 0.2) is 0 Å². The Morgan fingerprint density at radius 1 is 0.958 bits per heavy atom. The van der Waals surface area contributed by atoms with Crippen molar-refractivity contribution in [1.29, 1.82) is 0 Å². The molecule has 0 heterocycles. The van der Waals surface area contributed by atoms with Crippen LogP contribution in [0.25, 0.3) is 0 Å². The minimum Gasteiger partial charge on any atom is -0.550 e. The Bertz CT molecular complexity index is 512. The van der Waals surface area contributed by atoms with Gasteiger partial charge in [0.2, 0.25) is 0 Å². The molecule has 2 unspecified atom stereocenters. The summed E-state index contributed by atoms with van der Waals surface area (Å²) in [7, 11) is 0. The average Bonchev–Trinajstić information content (AvgIpc) is 2.40. The Morgan fingerprint density at radius 3 is 1.92 bits per heavy atom. The van der Waals surface area contributed by atoms with E-state index in [9.17, 15) is 39.3 Å². The lowest BCUT2D eigenvalue weighted by Gasteiger charge is -2.28. The van der Waals surface area contributed by atoms with Crippen molar-refractivity contribution in [2.75, 3.05) is 13.2 Å². The first-order chi connectivity index (χ1) is 11.0. The summed E-state index contributed by atoms with van der Waals surface area (Å²) >= 11 is 0. The lowest BCUT2D eigenvalue weighted by Crippen LogP contribution is -2.53. The van der Waals surface area contributed by atoms with Crippen molar-refractivity contribution in [3.63, 3.8) is 0 Å². The highest BCUT2D eigenvalue weighted by atomic mass is 16.6. The van der Waals surface area contributed by atoms with Crippen molar-refractivity contribution in [1.82, 2.24) is 0 Å². The molecule has 0 radical (unpaired) electrons. The van der Waals surface area contributed by atoms with Gasteiger partial charge in [-0.05, 0) is 0 Å². The maximum Gasteiger partial charge on any atom is 0.309 e. The standard InChI is InChI=1S/C13H18O11/c1-7(14)22-5-9(24-8(2)15)6-23-11(18)4-13(21,12(19)20)3-10(16)17/h9,21H,3-6H2,1-2H3,(H,16,17)(H,19,20)/p-2. The number of hydrogen-bond acceptors (Lipinski definition) is 11. The van der Waals surface area contributed by atoms with Crippen molar-refractivity contribution in [3.05, 3.63) is 0 Å². The fraction of sp³-hybridized carbons (Fsp3) is 0.615. The molecule has 136 valence electrons. The van der Waals surface area contributed by atoms with Gasteiger partial charge in [0.15, 0.2) is 6.10 Å². The molecular formula is C13H16O11-2. The monoisotopic (exact) mass is 348 g/mol. The van der Waals surface area contributed by atoms with E-state index < -0.39 is 67.6 Å². The highest BCUT2D eigenvalue weighted by Crippen LogP contribution is 2.15. The topological polar surface area (TPSA) is 179 Å². The number of aliphatic carboxylic acids is 2. The lowest BCUT2D eigenvalue weighted by molar-refractivity contribution is -0.333. The van der Waals surface area contributed by atoms with Crippen LogP contribution < -0.4 is 10.2 Å². The molecule has 0 saturated carbocycles. The summed E-state index contributed by atoms with van der Waals surface area (Å²) in [4.78, 5) is 54.3.